The Morgan fingerprint density at radius 2 is 2.22 bits per heavy atom. The molecule has 2 heterocycles. The number of hydrogen-bond donors (Lipinski definition) is 2. The number of nitrogens with zero attached hydrogens (tertiary/aromatic N) is 2. The summed E-state index contributed by atoms with van der Waals surface area (Å²) in [6.45, 7) is 3.76. The van der Waals surface area contributed by atoms with Crippen molar-refractivity contribution in [3.05, 3.63) is 23.9 Å². The number of carbonyl (C=O) groups is 1. The van der Waals surface area contributed by atoms with Crippen molar-refractivity contribution in [2.24, 2.45) is 11.7 Å². The summed E-state index contributed by atoms with van der Waals surface area (Å²) in [6, 6.07) is 4.18. The maximum atomic E-state index is 12.3. The van der Waals surface area contributed by atoms with E-state index in [1.54, 1.807) is 0 Å². The van der Waals surface area contributed by atoms with Crippen molar-refractivity contribution in [2.45, 2.75) is 38.3 Å². The van der Waals surface area contributed by atoms with Crippen LogP contribution in [0.15, 0.2) is 18.3 Å². The molecule has 1 aromatic heterocycles. The fourth-order valence-corrected chi connectivity index (χ4v) is 3.34. The van der Waals surface area contributed by atoms with Crippen molar-refractivity contribution in [1.82, 2.24) is 10.3 Å². The molecule has 6 heteroatoms. The third kappa shape index (κ3) is 4.42. The molecule has 0 aromatic carbocycles. The lowest BCUT2D eigenvalue weighted by Gasteiger charge is -2.28. The zero-order valence-electron chi connectivity index (χ0n) is 13.5. The van der Waals surface area contributed by atoms with Gasteiger partial charge in [-0.2, -0.15) is 0 Å². The summed E-state index contributed by atoms with van der Waals surface area (Å²) in [6.07, 6.45) is 5.66. The second-order valence-electron chi connectivity index (χ2n) is 6.46. The smallest absolute Gasteiger partial charge is 0.223 e. The molecule has 0 bridgehead atoms. The van der Waals surface area contributed by atoms with E-state index in [1.165, 1.54) is 0 Å². The summed E-state index contributed by atoms with van der Waals surface area (Å²) in [5, 5.41) is 3.05. The average molecular weight is 318 g/mol. The Morgan fingerprint density at radius 1 is 1.39 bits per heavy atom. The molecule has 2 atom stereocenters. The van der Waals surface area contributed by atoms with E-state index in [9.17, 15) is 4.79 Å². The molecule has 3 N–H and O–H groups in total. The third-order valence-corrected chi connectivity index (χ3v) is 4.70. The van der Waals surface area contributed by atoms with Crippen molar-refractivity contribution in [2.75, 3.05) is 31.2 Å². The first kappa shape index (κ1) is 16.2. The summed E-state index contributed by atoms with van der Waals surface area (Å²) in [5.41, 5.74) is 7.05. The number of anilines is 1. The van der Waals surface area contributed by atoms with Crippen molar-refractivity contribution >= 4 is 11.7 Å². The maximum absolute atomic E-state index is 12.3. The lowest BCUT2D eigenvalue weighted by atomic mass is 9.85. The molecular formula is C17H26N4O2. The largest absolute Gasteiger partial charge is 0.378 e. The maximum Gasteiger partial charge on any atom is 0.223 e. The molecule has 1 aliphatic carbocycles. The topological polar surface area (TPSA) is 80.5 Å². The van der Waals surface area contributed by atoms with E-state index >= 15 is 0 Å². The van der Waals surface area contributed by atoms with E-state index in [2.05, 4.69) is 21.3 Å². The molecule has 23 heavy (non-hydrogen) atoms. The highest BCUT2D eigenvalue weighted by atomic mass is 16.5. The van der Waals surface area contributed by atoms with E-state index in [0.717, 1.165) is 63.4 Å². The number of nitrogens with one attached hydrogen (secondary N) is 1. The van der Waals surface area contributed by atoms with Gasteiger partial charge in [-0.25, -0.2) is 4.98 Å². The number of morpholine rings is 1. The fourth-order valence-electron chi connectivity index (χ4n) is 3.34. The minimum Gasteiger partial charge on any atom is -0.378 e. The number of rotatable bonds is 4. The first-order valence-electron chi connectivity index (χ1n) is 8.53. The van der Waals surface area contributed by atoms with Gasteiger partial charge in [0.15, 0.2) is 0 Å². The van der Waals surface area contributed by atoms with E-state index in [4.69, 9.17) is 10.5 Å². The Balaban J connectivity index is 1.54. The lowest BCUT2D eigenvalue weighted by molar-refractivity contribution is -0.126. The lowest BCUT2D eigenvalue weighted by Crippen LogP contribution is -2.38. The van der Waals surface area contributed by atoms with E-state index in [0.29, 0.717) is 6.54 Å². The molecule has 0 spiro atoms. The van der Waals surface area contributed by atoms with Crippen LogP contribution in [0.3, 0.4) is 0 Å². The molecule has 1 saturated heterocycles. The number of hydrogen-bond acceptors (Lipinski definition) is 5. The molecule has 6 nitrogen and oxygen atoms in total. The van der Waals surface area contributed by atoms with Gasteiger partial charge in [-0.15, -0.1) is 0 Å². The van der Waals surface area contributed by atoms with Crippen LogP contribution in [-0.4, -0.2) is 43.2 Å². The fraction of sp³-hybridized carbons (Fsp3) is 0.647. The van der Waals surface area contributed by atoms with Crippen LogP contribution in [0.5, 0.6) is 0 Å². The monoisotopic (exact) mass is 318 g/mol. The molecule has 1 aromatic rings. The van der Waals surface area contributed by atoms with E-state index < -0.39 is 0 Å². The summed E-state index contributed by atoms with van der Waals surface area (Å²) in [7, 11) is 0. The average Bonchev–Trinajstić information content (AvgIpc) is 2.61. The highest BCUT2D eigenvalue weighted by Crippen LogP contribution is 2.23. The summed E-state index contributed by atoms with van der Waals surface area (Å²) in [5.74, 6) is 1.16. The van der Waals surface area contributed by atoms with Gasteiger partial charge in [-0.3, -0.25) is 4.79 Å². The SMILES string of the molecule is NC1CCCC(C(=O)NCc2ccnc(N3CCOCC3)c2)C1. The van der Waals surface area contributed by atoms with Gasteiger partial charge in [0, 0.05) is 37.8 Å². The van der Waals surface area contributed by atoms with Gasteiger partial charge >= 0.3 is 0 Å². The predicted octanol–water partition coefficient (Wildman–Crippen LogP) is 1.05. The van der Waals surface area contributed by atoms with Crippen LogP contribution >= 0.6 is 0 Å². The molecule has 2 unspecified atom stereocenters. The van der Waals surface area contributed by atoms with Crippen LogP contribution in [0.1, 0.15) is 31.2 Å². The van der Waals surface area contributed by atoms with Crippen LogP contribution in [-0.2, 0) is 16.1 Å². The first-order chi connectivity index (χ1) is 11.2. The quantitative estimate of drug-likeness (QED) is 0.867. The molecule has 2 fully saturated rings. The molecule has 3 rings (SSSR count). The summed E-state index contributed by atoms with van der Waals surface area (Å²) >= 11 is 0. The predicted molar refractivity (Wildman–Crippen MR) is 89.0 cm³/mol. The molecule has 1 saturated carbocycles. The van der Waals surface area contributed by atoms with Gasteiger partial charge in [0.2, 0.25) is 5.91 Å². The number of carbonyl (C=O) groups excluding carboxylic acids is 1. The third-order valence-electron chi connectivity index (χ3n) is 4.70. The van der Waals surface area contributed by atoms with Crippen molar-refractivity contribution in [3.63, 3.8) is 0 Å². The number of aromatic nitrogens is 1. The molecular weight excluding hydrogens is 292 g/mol. The summed E-state index contributed by atoms with van der Waals surface area (Å²) in [4.78, 5) is 18.9. The van der Waals surface area contributed by atoms with Gasteiger partial charge in [0.05, 0.1) is 13.2 Å². The second kappa shape index (κ2) is 7.75. The van der Waals surface area contributed by atoms with Gasteiger partial charge < -0.3 is 20.7 Å². The molecule has 0 radical (unpaired) electrons. The zero-order chi connectivity index (χ0) is 16.1. The number of ether oxygens (including phenoxy) is 1. The highest BCUT2D eigenvalue weighted by Gasteiger charge is 2.25. The van der Waals surface area contributed by atoms with Gasteiger partial charge in [0.1, 0.15) is 5.82 Å². The van der Waals surface area contributed by atoms with E-state index in [1.807, 2.05) is 12.3 Å². The standard InChI is InChI=1S/C17H26N4O2/c18-15-3-1-2-14(11-15)17(22)20-12-13-4-5-19-16(10-13)21-6-8-23-9-7-21/h4-5,10,14-15H,1-3,6-9,11-12,18H2,(H,20,22). The Morgan fingerprint density at radius 3 is 3.00 bits per heavy atom. The van der Waals surface area contributed by atoms with Crippen LogP contribution in [0.4, 0.5) is 5.82 Å². The molecule has 126 valence electrons. The normalized spacial score (nSPS) is 25.2. The number of pyridine rings is 1. The Kier molecular flexibility index (Phi) is 5.46. The van der Waals surface area contributed by atoms with Crippen molar-refractivity contribution in [1.29, 1.82) is 0 Å². The summed E-state index contributed by atoms with van der Waals surface area (Å²) < 4.78 is 5.37. The van der Waals surface area contributed by atoms with Gasteiger partial charge in [-0.05, 0) is 37.0 Å². The number of amides is 1. The molecule has 2 aliphatic rings. The minimum atomic E-state index is 0.0688. The minimum absolute atomic E-state index is 0.0688. The van der Waals surface area contributed by atoms with E-state index in [-0.39, 0.29) is 17.9 Å². The number of nitrogens with two attached hydrogens (primary N) is 1. The van der Waals surface area contributed by atoms with Crippen LogP contribution in [0, 0.1) is 5.92 Å². The van der Waals surface area contributed by atoms with Gasteiger partial charge in [0.25, 0.3) is 0 Å². The van der Waals surface area contributed by atoms with Crippen molar-refractivity contribution in [3.8, 4) is 0 Å². The van der Waals surface area contributed by atoms with Crippen LogP contribution in [0.2, 0.25) is 0 Å². The Bertz CT molecular complexity index is 531. The molecule has 1 amide bonds. The molecule has 1 aliphatic heterocycles. The Hall–Kier alpha value is -1.66. The van der Waals surface area contributed by atoms with Gasteiger partial charge in [-0.1, -0.05) is 6.42 Å². The second-order valence-corrected chi connectivity index (χ2v) is 6.46. The zero-order valence-corrected chi connectivity index (χ0v) is 13.5. The van der Waals surface area contributed by atoms with Crippen molar-refractivity contribution < 1.29 is 9.53 Å². The van der Waals surface area contributed by atoms with Crippen LogP contribution < -0.4 is 16.0 Å². The first-order valence-corrected chi connectivity index (χ1v) is 8.53. The highest BCUT2D eigenvalue weighted by molar-refractivity contribution is 5.78. The van der Waals surface area contributed by atoms with Crippen LogP contribution in [0.25, 0.3) is 0 Å². The Labute approximate surface area is 137 Å².